The van der Waals surface area contributed by atoms with Crippen molar-refractivity contribution in [2.45, 2.75) is 32.0 Å². The molecule has 5 nitrogen and oxygen atoms in total. The largest absolute Gasteiger partial charge is 0.493 e. The van der Waals surface area contributed by atoms with Gasteiger partial charge in [0.1, 0.15) is 0 Å². The Balaban J connectivity index is 1.58. The summed E-state index contributed by atoms with van der Waals surface area (Å²) in [6.45, 7) is 1.61. The monoisotopic (exact) mass is 287 g/mol. The summed E-state index contributed by atoms with van der Waals surface area (Å²) >= 11 is 0. The smallest absolute Gasteiger partial charge is 0.161 e. The number of nitrogens with one attached hydrogen (secondary N) is 1. The van der Waals surface area contributed by atoms with E-state index in [1.54, 1.807) is 14.2 Å². The van der Waals surface area contributed by atoms with Gasteiger partial charge in [0.05, 0.1) is 26.2 Å². The van der Waals surface area contributed by atoms with Gasteiger partial charge in [-0.3, -0.25) is 0 Å². The summed E-state index contributed by atoms with van der Waals surface area (Å²) in [4.78, 5) is 4.25. The highest BCUT2D eigenvalue weighted by atomic mass is 16.5. The first kappa shape index (κ1) is 13.9. The Hall–Kier alpha value is -2.01. The van der Waals surface area contributed by atoms with Gasteiger partial charge in [-0.05, 0) is 30.5 Å². The molecule has 112 valence electrons. The highest BCUT2D eigenvalue weighted by Gasteiger charge is 2.24. The van der Waals surface area contributed by atoms with E-state index in [1.165, 1.54) is 24.1 Å². The third-order valence-electron chi connectivity index (χ3n) is 3.77. The van der Waals surface area contributed by atoms with Gasteiger partial charge in [0.2, 0.25) is 0 Å². The van der Waals surface area contributed by atoms with Crippen molar-refractivity contribution in [1.82, 2.24) is 14.9 Å². The van der Waals surface area contributed by atoms with Crippen molar-refractivity contribution in [2.75, 3.05) is 14.2 Å². The van der Waals surface area contributed by atoms with Crippen LogP contribution in [-0.4, -0.2) is 23.8 Å². The number of ether oxygens (including phenoxy) is 2. The molecule has 0 atom stereocenters. The van der Waals surface area contributed by atoms with Crippen molar-refractivity contribution in [3.8, 4) is 11.5 Å². The predicted octanol–water partition coefficient (Wildman–Crippen LogP) is 2.53. The van der Waals surface area contributed by atoms with E-state index < -0.39 is 0 Å². The van der Waals surface area contributed by atoms with Crippen LogP contribution in [0.2, 0.25) is 0 Å². The lowest BCUT2D eigenvalue weighted by molar-refractivity contribution is 0.354. The predicted molar refractivity (Wildman–Crippen MR) is 80.6 cm³/mol. The van der Waals surface area contributed by atoms with Crippen molar-refractivity contribution < 1.29 is 9.47 Å². The lowest BCUT2D eigenvalue weighted by Crippen LogP contribution is -2.15. The van der Waals surface area contributed by atoms with Crippen LogP contribution < -0.4 is 14.8 Å². The molecule has 2 aromatic rings. The van der Waals surface area contributed by atoms with Crippen LogP contribution in [0.25, 0.3) is 0 Å². The molecule has 1 aromatic carbocycles. The summed E-state index contributed by atoms with van der Waals surface area (Å²) < 4.78 is 12.8. The first-order valence-electron chi connectivity index (χ1n) is 7.24. The Morgan fingerprint density at radius 3 is 2.71 bits per heavy atom. The van der Waals surface area contributed by atoms with Gasteiger partial charge in [-0.15, -0.1) is 0 Å². The zero-order chi connectivity index (χ0) is 14.7. The molecule has 1 heterocycles. The average molecular weight is 287 g/mol. The van der Waals surface area contributed by atoms with E-state index in [9.17, 15) is 0 Å². The van der Waals surface area contributed by atoms with Crippen LogP contribution in [0.3, 0.4) is 0 Å². The molecule has 0 radical (unpaired) electrons. The molecule has 21 heavy (non-hydrogen) atoms. The molecule has 0 saturated heterocycles. The quantitative estimate of drug-likeness (QED) is 0.850. The van der Waals surface area contributed by atoms with Gasteiger partial charge in [-0.25, -0.2) is 4.98 Å². The molecule has 0 unspecified atom stereocenters. The lowest BCUT2D eigenvalue weighted by Gasteiger charge is -2.11. The van der Waals surface area contributed by atoms with Crippen molar-refractivity contribution >= 4 is 0 Å². The molecule has 0 amide bonds. The minimum absolute atomic E-state index is 0.672. The number of benzene rings is 1. The Bertz CT molecular complexity index is 605. The van der Waals surface area contributed by atoms with Crippen LogP contribution in [-0.2, 0) is 13.1 Å². The van der Waals surface area contributed by atoms with E-state index in [2.05, 4.69) is 14.9 Å². The summed E-state index contributed by atoms with van der Waals surface area (Å²) in [6, 6.07) is 6.66. The molecule has 1 N–H and O–H groups in total. The fourth-order valence-corrected chi connectivity index (χ4v) is 2.48. The number of rotatable bonds is 7. The van der Waals surface area contributed by atoms with Crippen molar-refractivity contribution in [3.05, 3.63) is 42.0 Å². The van der Waals surface area contributed by atoms with Gasteiger partial charge >= 0.3 is 0 Å². The molecule has 1 aromatic heterocycles. The molecule has 0 aliphatic heterocycles. The molecular formula is C16H21N3O2. The van der Waals surface area contributed by atoms with Crippen molar-refractivity contribution in [2.24, 2.45) is 0 Å². The molecule has 1 aliphatic rings. The highest BCUT2D eigenvalue weighted by Crippen LogP contribution is 2.35. The van der Waals surface area contributed by atoms with E-state index >= 15 is 0 Å². The Morgan fingerprint density at radius 1 is 1.19 bits per heavy atom. The standard InChI is InChI=1S/C16H21N3O2/c1-20-15-6-3-12(7-16(15)21-2)8-17-9-14-10-18-11-19(14)13-4-5-13/h3,6-7,10-11,13,17H,4-5,8-9H2,1-2H3. The fourth-order valence-electron chi connectivity index (χ4n) is 2.48. The highest BCUT2D eigenvalue weighted by molar-refractivity contribution is 5.42. The van der Waals surface area contributed by atoms with E-state index in [4.69, 9.17) is 9.47 Å². The van der Waals surface area contributed by atoms with Crippen LogP contribution >= 0.6 is 0 Å². The molecule has 5 heteroatoms. The molecule has 0 bridgehead atoms. The summed E-state index contributed by atoms with van der Waals surface area (Å²) in [7, 11) is 3.30. The number of aromatic nitrogens is 2. The first-order chi connectivity index (χ1) is 10.3. The zero-order valence-corrected chi connectivity index (χ0v) is 12.5. The second-order valence-electron chi connectivity index (χ2n) is 5.32. The van der Waals surface area contributed by atoms with E-state index in [-0.39, 0.29) is 0 Å². The van der Waals surface area contributed by atoms with Crippen LogP contribution in [0.15, 0.2) is 30.7 Å². The van der Waals surface area contributed by atoms with Crippen LogP contribution in [0, 0.1) is 0 Å². The number of hydrogen-bond donors (Lipinski definition) is 1. The van der Waals surface area contributed by atoms with E-state index in [0.717, 1.165) is 24.6 Å². The maximum absolute atomic E-state index is 5.32. The summed E-state index contributed by atoms with van der Waals surface area (Å²) in [5.74, 6) is 1.52. The number of imidazole rings is 1. The normalized spacial score (nSPS) is 14.2. The molecular weight excluding hydrogens is 266 g/mol. The van der Waals surface area contributed by atoms with Gasteiger partial charge in [0.25, 0.3) is 0 Å². The zero-order valence-electron chi connectivity index (χ0n) is 12.5. The SMILES string of the molecule is COc1ccc(CNCc2cncn2C2CC2)cc1OC. The van der Waals surface area contributed by atoms with Gasteiger partial charge < -0.3 is 19.4 Å². The first-order valence-corrected chi connectivity index (χ1v) is 7.24. The van der Waals surface area contributed by atoms with Gasteiger partial charge in [0.15, 0.2) is 11.5 Å². The third kappa shape index (κ3) is 3.19. The second-order valence-corrected chi connectivity index (χ2v) is 5.32. The average Bonchev–Trinajstić information content (AvgIpc) is 3.26. The molecule has 3 rings (SSSR count). The minimum Gasteiger partial charge on any atom is -0.493 e. The lowest BCUT2D eigenvalue weighted by atomic mass is 10.2. The van der Waals surface area contributed by atoms with E-state index in [1.807, 2.05) is 30.7 Å². The van der Waals surface area contributed by atoms with E-state index in [0.29, 0.717) is 6.04 Å². The molecule has 0 spiro atoms. The topological polar surface area (TPSA) is 48.3 Å². The van der Waals surface area contributed by atoms with Gasteiger partial charge in [0, 0.05) is 25.3 Å². The third-order valence-corrected chi connectivity index (χ3v) is 3.77. The maximum Gasteiger partial charge on any atom is 0.161 e. The van der Waals surface area contributed by atoms with Crippen LogP contribution in [0.4, 0.5) is 0 Å². The number of methoxy groups -OCH3 is 2. The Kier molecular flexibility index (Phi) is 4.10. The van der Waals surface area contributed by atoms with Crippen LogP contribution in [0.1, 0.15) is 30.1 Å². The number of hydrogen-bond acceptors (Lipinski definition) is 4. The molecule has 1 fully saturated rings. The second kappa shape index (κ2) is 6.18. The van der Waals surface area contributed by atoms with Gasteiger partial charge in [-0.2, -0.15) is 0 Å². The summed E-state index contributed by atoms with van der Waals surface area (Å²) in [5, 5.41) is 3.46. The fraction of sp³-hybridized carbons (Fsp3) is 0.438. The molecule has 1 aliphatic carbocycles. The summed E-state index contributed by atoms with van der Waals surface area (Å²) in [5.41, 5.74) is 2.42. The maximum atomic E-state index is 5.32. The van der Waals surface area contributed by atoms with Crippen molar-refractivity contribution in [1.29, 1.82) is 0 Å². The van der Waals surface area contributed by atoms with Gasteiger partial charge in [-0.1, -0.05) is 6.07 Å². The van der Waals surface area contributed by atoms with Crippen LogP contribution in [0.5, 0.6) is 11.5 Å². The Morgan fingerprint density at radius 2 is 2.00 bits per heavy atom. The minimum atomic E-state index is 0.672. The molecule has 1 saturated carbocycles. The van der Waals surface area contributed by atoms with Crippen molar-refractivity contribution in [3.63, 3.8) is 0 Å². The summed E-state index contributed by atoms with van der Waals surface area (Å²) in [6.07, 6.45) is 6.43. The number of nitrogens with zero attached hydrogens (tertiary/aromatic N) is 2. The Labute approximate surface area is 124 Å².